The minimum atomic E-state index is -0.557. The van der Waals surface area contributed by atoms with E-state index >= 15 is 0 Å². The first-order valence-corrected chi connectivity index (χ1v) is 7.12. The zero-order valence-electron chi connectivity index (χ0n) is 13.0. The van der Waals surface area contributed by atoms with Crippen molar-refractivity contribution in [2.45, 2.75) is 13.5 Å². The maximum Gasteiger partial charge on any atom is 0.411 e. The van der Waals surface area contributed by atoms with E-state index in [1.165, 1.54) is 16.8 Å². The molecule has 0 unspecified atom stereocenters. The number of nitrogens with two attached hydrogens (primary N) is 1. The van der Waals surface area contributed by atoms with Crippen LogP contribution in [0.4, 0.5) is 10.5 Å². The molecule has 1 aromatic heterocycles. The lowest BCUT2D eigenvalue weighted by Crippen LogP contribution is -2.27. The van der Waals surface area contributed by atoms with Gasteiger partial charge in [0, 0.05) is 11.8 Å². The third-order valence-corrected chi connectivity index (χ3v) is 3.02. The fourth-order valence-electron chi connectivity index (χ4n) is 1.96. The van der Waals surface area contributed by atoms with E-state index in [0.717, 1.165) is 5.56 Å². The van der Waals surface area contributed by atoms with E-state index in [-0.39, 0.29) is 30.2 Å². The molecule has 0 fully saturated rings. The van der Waals surface area contributed by atoms with Crippen LogP contribution in [0.25, 0.3) is 0 Å². The Labute approximate surface area is 137 Å². The molecule has 1 aromatic carbocycles. The van der Waals surface area contributed by atoms with Crippen LogP contribution < -0.4 is 16.6 Å². The predicted octanol–water partition coefficient (Wildman–Crippen LogP) is 0.954. The van der Waals surface area contributed by atoms with Gasteiger partial charge < -0.3 is 15.7 Å². The van der Waals surface area contributed by atoms with Gasteiger partial charge in [0.05, 0.1) is 13.2 Å². The summed E-state index contributed by atoms with van der Waals surface area (Å²) >= 11 is 0. The average Bonchev–Trinajstić information content (AvgIpc) is 2.56. The van der Waals surface area contributed by atoms with Crippen molar-refractivity contribution in [1.29, 1.82) is 0 Å². The summed E-state index contributed by atoms with van der Waals surface area (Å²) in [4.78, 5) is 23.3. The van der Waals surface area contributed by atoms with Gasteiger partial charge in [0.2, 0.25) is 0 Å². The molecule has 0 aliphatic heterocycles. The van der Waals surface area contributed by atoms with Gasteiger partial charge >= 0.3 is 6.09 Å². The molecule has 0 saturated heterocycles. The molecule has 126 valence electrons. The van der Waals surface area contributed by atoms with E-state index < -0.39 is 6.09 Å². The number of amides is 1. The van der Waals surface area contributed by atoms with E-state index in [1.807, 2.05) is 0 Å². The molecule has 0 atom stereocenters. The van der Waals surface area contributed by atoms with Crippen molar-refractivity contribution in [2.75, 3.05) is 11.9 Å². The third kappa shape index (κ3) is 4.32. The number of anilines is 1. The fourth-order valence-corrected chi connectivity index (χ4v) is 1.96. The highest BCUT2D eigenvalue weighted by atomic mass is 16.5. The van der Waals surface area contributed by atoms with E-state index in [9.17, 15) is 9.59 Å². The van der Waals surface area contributed by atoms with Crippen LogP contribution in [0.5, 0.6) is 0 Å². The van der Waals surface area contributed by atoms with Crippen LogP contribution in [0.2, 0.25) is 0 Å². The molecule has 1 amide bonds. The Bertz CT molecular complexity index is 816. The molecule has 0 bridgehead atoms. The van der Waals surface area contributed by atoms with Crippen molar-refractivity contribution in [3.63, 3.8) is 0 Å². The third-order valence-electron chi connectivity index (χ3n) is 3.02. The van der Waals surface area contributed by atoms with Crippen LogP contribution in [-0.2, 0) is 11.3 Å². The minimum Gasteiger partial charge on any atom is -0.450 e. The Morgan fingerprint density at radius 3 is 2.92 bits per heavy atom. The van der Waals surface area contributed by atoms with Crippen molar-refractivity contribution >= 4 is 17.6 Å². The number of ether oxygens (including phenoxy) is 1. The highest BCUT2D eigenvalue weighted by Gasteiger charge is 2.07. The number of nitrogens with one attached hydrogen (secondary N) is 1. The summed E-state index contributed by atoms with van der Waals surface area (Å²) in [6.45, 7) is 2.14. The zero-order chi connectivity index (χ0) is 17.5. The first-order chi connectivity index (χ1) is 11.5. The van der Waals surface area contributed by atoms with Crippen molar-refractivity contribution in [3.05, 3.63) is 58.0 Å². The summed E-state index contributed by atoms with van der Waals surface area (Å²) in [5.74, 6) is -0.193. The normalized spacial score (nSPS) is 11.1. The van der Waals surface area contributed by atoms with Gasteiger partial charge in [-0.25, -0.2) is 9.48 Å². The summed E-state index contributed by atoms with van der Waals surface area (Å²) in [5, 5.41) is 18.2. The maximum absolute atomic E-state index is 11.9. The van der Waals surface area contributed by atoms with Crippen molar-refractivity contribution < 1.29 is 14.7 Å². The largest absolute Gasteiger partial charge is 0.450 e. The van der Waals surface area contributed by atoms with Crippen molar-refractivity contribution in [1.82, 2.24) is 9.78 Å². The van der Waals surface area contributed by atoms with Crippen molar-refractivity contribution in [2.24, 2.45) is 10.9 Å². The number of oxime groups is 1. The zero-order valence-corrected chi connectivity index (χ0v) is 13.0. The number of hydrogen-bond acceptors (Lipinski definition) is 6. The van der Waals surface area contributed by atoms with Crippen LogP contribution in [0.15, 0.2) is 46.3 Å². The fraction of sp³-hybridized carbons (Fsp3) is 0.200. The second-order valence-electron chi connectivity index (χ2n) is 4.75. The quantitative estimate of drug-likeness (QED) is 0.323. The Hall–Kier alpha value is -3.36. The SMILES string of the molecule is CCOC(=O)Nc1cccc(Cn2nc(/C(N)=N/O)ccc2=O)c1. The molecule has 9 heteroatoms. The van der Waals surface area contributed by atoms with E-state index in [4.69, 9.17) is 15.7 Å². The molecular formula is C15H17N5O4. The minimum absolute atomic E-state index is 0.156. The number of carbonyl (C=O) groups excluding carboxylic acids is 1. The van der Waals surface area contributed by atoms with Crippen molar-refractivity contribution in [3.8, 4) is 0 Å². The molecule has 2 aromatic rings. The first kappa shape index (κ1) is 17.0. The summed E-state index contributed by atoms with van der Waals surface area (Å²) in [6.07, 6.45) is -0.557. The topological polar surface area (TPSA) is 132 Å². The number of hydrogen-bond donors (Lipinski definition) is 3. The molecule has 0 spiro atoms. The van der Waals surface area contributed by atoms with E-state index in [2.05, 4.69) is 15.6 Å². The number of nitrogens with zero attached hydrogens (tertiary/aromatic N) is 3. The van der Waals surface area contributed by atoms with Gasteiger partial charge in [-0.2, -0.15) is 5.10 Å². The number of benzene rings is 1. The Balaban J connectivity index is 2.22. The lowest BCUT2D eigenvalue weighted by molar-refractivity contribution is 0.168. The molecule has 24 heavy (non-hydrogen) atoms. The highest BCUT2D eigenvalue weighted by molar-refractivity contribution is 5.94. The van der Waals surface area contributed by atoms with Gasteiger partial charge in [-0.05, 0) is 30.7 Å². The number of amidine groups is 1. The summed E-state index contributed by atoms with van der Waals surface area (Å²) in [6, 6.07) is 9.55. The van der Waals surface area contributed by atoms with Gasteiger partial charge in [0.1, 0.15) is 5.69 Å². The van der Waals surface area contributed by atoms with Gasteiger partial charge in [-0.3, -0.25) is 10.1 Å². The van der Waals surface area contributed by atoms with Crippen LogP contribution >= 0.6 is 0 Å². The van der Waals surface area contributed by atoms with E-state index in [0.29, 0.717) is 5.69 Å². The molecule has 0 radical (unpaired) electrons. The monoisotopic (exact) mass is 331 g/mol. The second-order valence-corrected chi connectivity index (χ2v) is 4.75. The first-order valence-electron chi connectivity index (χ1n) is 7.12. The number of aromatic nitrogens is 2. The number of carbonyl (C=O) groups is 1. The van der Waals surface area contributed by atoms with Gasteiger partial charge in [0.15, 0.2) is 5.84 Å². The predicted molar refractivity (Wildman–Crippen MR) is 87.2 cm³/mol. The molecule has 9 nitrogen and oxygen atoms in total. The van der Waals surface area contributed by atoms with Crippen LogP contribution in [0.1, 0.15) is 18.2 Å². The molecule has 0 aliphatic rings. The Kier molecular flexibility index (Phi) is 5.50. The van der Waals surface area contributed by atoms with Gasteiger partial charge in [-0.1, -0.05) is 17.3 Å². The average molecular weight is 331 g/mol. The number of rotatable bonds is 5. The molecular weight excluding hydrogens is 314 g/mol. The molecule has 2 rings (SSSR count). The highest BCUT2D eigenvalue weighted by Crippen LogP contribution is 2.11. The standard InChI is InChI=1S/C15H17N5O4/c1-2-24-15(22)17-11-5-3-4-10(8-11)9-20-13(21)7-6-12(18-20)14(16)19-23/h3-8,23H,2,9H2,1H3,(H2,16,19)(H,17,22). The van der Waals surface area contributed by atoms with E-state index in [1.54, 1.807) is 31.2 Å². The summed E-state index contributed by atoms with van der Waals surface area (Å²) < 4.78 is 5.99. The summed E-state index contributed by atoms with van der Waals surface area (Å²) in [7, 11) is 0. The van der Waals surface area contributed by atoms with Crippen LogP contribution in [0, 0.1) is 0 Å². The van der Waals surface area contributed by atoms with Crippen LogP contribution in [0.3, 0.4) is 0 Å². The lowest BCUT2D eigenvalue weighted by Gasteiger charge is -2.09. The van der Waals surface area contributed by atoms with Gasteiger partial charge in [0.25, 0.3) is 5.56 Å². The maximum atomic E-state index is 11.9. The Morgan fingerprint density at radius 1 is 1.42 bits per heavy atom. The second kappa shape index (κ2) is 7.77. The lowest BCUT2D eigenvalue weighted by atomic mass is 10.2. The smallest absolute Gasteiger partial charge is 0.411 e. The molecule has 0 aliphatic carbocycles. The van der Waals surface area contributed by atoms with Gasteiger partial charge in [-0.15, -0.1) is 0 Å². The summed E-state index contributed by atoms with van der Waals surface area (Å²) in [5.41, 5.74) is 6.58. The molecule has 1 heterocycles. The Morgan fingerprint density at radius 2 is 2.21 bits per heavy atom. The molecule has 0 saturated carbocycles. The van der Waals surface area contributed by atoms with Crippen LogP contribution in [-0.4, -0.2) is 33.5 Å². The molecule has 4 N–H and O–H groups in total.